The van der Waals surface area contributed by atoms with Crippen molar-refractivity contribution in [2.24, 2.45) is 5.84 Å². The Balaban J connectivity index is 1.33. The quantitative estimate of drug-likeness (QED) is 0.0790. The number of dihydropyridines is 1. The summed E-state index contributed by atoms with van der Waals surface area (Å²) in [5.41, 5.74) is 9.13. The summed E-state index contributed by atoms with van der Waals surface area (Å²) in [7, 11) is 0.602. The van der Waals surface area contributed by atoms with Gasteiger partial charge < -0.3 is 15.5 Å². The molecule has 0 bridgehead atoms. The fourth-order valence-electron chi connectivity index (χ4n) is 5.90. The number of hydrogen-bond acceptors (Lipinski definition) is 5. The minimum absolute atomic E-state index is 0.594. The zero-order valence-corrected chi connectivity index (χ0v) is 28.6. The molecule has 1 aliphatic carbocycles. The molecule has 3 aromatic rings. The molecular weight excluding hydrogens is 581 g/mol. The maximum atomic E-state index is 6.70. The zero-order chi connectivity index (χ0) is 32.5. The number of anilines is 1. The van der Waals surface area contributed by atoms with Crippen molar-refractivity contribution in [3.05, 3.63) is 144 Å². The first kappa shape index (κ1) is 33.2. The molecule has 0 saturated heterocycles. The molecule has 6 heteroatoms. The lowest BCUT2D eigenvalue weighted by molar-refractivity contribution is 0.413. The van der Waals surface area contributed by atoms with Crippen LogP contribution in [0.5, 0.6) is 0 Å². The van der Waals surface area contributed by atoms with E-state index in [4.69, 9.17) is 5.84 Å². The maximum absolute atomic E-state index is 6.70. The van der Waals surface area contributed by atoms with Crippen LogP contribution in [0.1, 0.15) is 61.5 Å². The Morgan fingerprint density at radius 3 is 2.59 bits per heavy atom. The summed E-state index contributed by atoms with van der Waals surface area (Å²) in [6.07, 6.45) is 18.0. The summed E-state index contributed by atoms with van der Waals surface area (Å²) in [5.74, 6) is 7.75. The predicted molar refractivity (Wildman–Crippen MR) is 201 cm³/mol. The Labute approximate surface area is 278 Å². The van der Waals surface area contributed by atoms with Gasteiger partial charge in [0.2, 0.25) is 0 Å². The second-order valence-electron chi connectivity index (χ2n) is 12.2. The van der Waals surface area contributed by atoms with Gasteiger partial charge in [-0.25, -0.2) is 5.84 Å². The molecule has 46 heavy (non-hydrogen) atoms. The van der Waals surface area contributed by atoms with Gasteiger partial charge in [0.25, 0.3) is 0 Å². The van der Waals surface area contributed by atoms with Gasteiger partial charge in [-0.05, 0) is 85.9 Å². The number of rotatable bonds is 17. The van der Waals surface area contributed by atoms with Crippen LogP contribution in [-0.4, -0.2) is 24.0 Å². The van der Waals surface area contributed by atoms with E-state index in [1.165, 1.54) is 45.7 Å². The van der Waals surface area contributed by atoms with Crippen LogP contribution < -0.4 is 21.5 Å². The molecule has 1 saturated carbocycles. The first-order valence-corrected chi connectivity index (χ1v) is 17.7. The third-order valence-electron chi connectivity index (χ3n) is 8.63. The molecule has 1 aliphatic heterocycles. The highest BCUT2D eigenvalue weighted by molar-refractivity contribution is 7.36. The summed E-state index contributed by atoms with van der Waals surface area (Å²) in [4.78, 5) is 2.27. The van der Waals surface area contributed by atoms with Gasteiger partial charge in [0.05, 0.1) is 11.4 Å². The average Bonchev–Trinajstić information content (AvgIpc) is 3.80. The number of nitrogens with zero attached hydrogens (tertiary/aromatic N) is 2. The first-order valence-electron chi connectivity index (χ1n) is 16.7. The fourth-order valence-corrected chi connectivity index (χ4v) is 7.37. The minimum Gasteiger partial charge on any atom is -0.382 e. The molecule has 0 radical (unpaired) electrons. The van der Waals surface area contributed by atoms with Gasteiger partial charge in [0.1, 0.15) is 5.82 Å². The Bertz CT molecular complexity index is 1620. The van der Waals surface area contributed by atoms with E-state index in [-0.39, 0.29) is 0 Å². The molecule has 4 N–H and O–H groups in total. The van der Waals surface area contributed by atoms with Crippen LogP contribution in [0, 0.1) is 0 Å². The van der Waals surface area contributed by atoms with Gasteiger partial charge in [-0.1, -0.05) is 87.2 Å². The normalized spacial score (nSPS) is 14.5. The summed E-state index contributed by atoms with van der Waals surface area (Å²) >= 11 is 0. The average molecular weight is 632 g/mol. The molecule has 1 unspecified atom stereocenters. The predicted octanol–water partition coefficient (Wildman–Crippen LogP) is 8.82. The molecule has 2 aromatic carbocycles. The van der Waals surface area contributed by atoms with E-state index in [9.17, 15) is 0 Å². The van der Waals surface area contributed by atoms with Crippen LogP contribution in [0.25, 0.3) is 16.6 Å². The molecule has 1 atom stereocenters. The Hall–Kier alpha value is -4.18. The number of hydrazine groups is 1. The van der Waals surface area contributed by atoms with Crippen LogP contribution in [-0.2, 0) is 19.3 Å². The number of hydrogen-bond donors (Lipinski definition) is 3. The third kappa shape index (κ3) is 8.15. The topological polar surface area (TPSA) is 56.6 Å². The van der Waals surface area contributed by atoms with Crippen LogP contribution in [0.2, 0.25) is 0 Å². The van der Waals surface area contributed by atoms with E-state index in [2.05, 4.69) is 121 Å². The van der Waals surface area contributed by atoms with Crippen molar-refractivity contribution in [1.82, 2.24) is 15.5 Å². The highest BCUT2D eigenvalue weighted by Gasteiger charge is 2.23. The van der Waals surface area contributed by atoms with E-state index < -0.39 is 0 Å². The Kier molecular flexibility index (Phi) is 11.5. The van der Waals surface area contributed by atoms with Crippen molar-refractivity contribution in [3.63, 3.8) is 0 Å². The number of nitrogens with two attached hydrogens (primary N) is 1. The lowest BCUT2D eigenvalue weighted by Gasteiger charge is -2.31. The lowest BCUT2D eigenvalue weighted by Crippen LogP contribution is -2.36. The van der Waals surface area contributed by atoms with Crippen molar-refractivity contribution in [3.8, 4) is 10.9 Å². The van der Waals surface area contributed by atoms with Crippen molar-refractivity contribution in [2.45, 2.75) is 64.8 Å². The monoisotopic (exact) mass is 631 g/mol. The van der Waals surface area contributed by atoms with Crippen molar-refractivity contribution in [1.29, 1.82) is 0 Å². The van der Waals surface area contributed by atoms with Gasteiger partial charge in [-0.3, -0.25) is 5.01 Å². The van der Waals surface area contributed by atoms with E-state index >= 15 is 0 Å². The highest BCUT2D eigenvalue weighted by Crippen LogP contribution is 2.42. The zero-order valence-electron chi connectivity index (χ0n) is 27.6. The van der Waals surface area contributed by atoms with Crippen LogP contribution in [0.15, 0.2) is 122 Å². The smallest absolute Gasteiger partial charge is 0.115 e. The van der Waals surface area contributed by atoms with Crippen LogP contribution >= 0.6 is 8.19 Å². The van der Waals surface area contributed by atoms with Crippen molar-refractivity contribution in [2.75, 3.05) is 18.1 Å². The standard InChI is InChI=1S/C40H50N5P/c1-6-9-27-44(26-8-3)40-36(16-12-25-42-40)30(5)45(41)35-23-18-31(19-24-35)17-20-33-28-38(29(4)43-34-21-22-34)46-39(33)37-15-11-10-14-32(37)13-7-2/h7-8,10-12,14-16,18-19,23-24,26,28,34,42-43,46H,2,4-6,9,13,17,20-22,25,27,41H2,1,3H3/b26-8+. The largest absolute Gasteiger partial charge is 0.382 e. The molecule has 1 aromatic heterocycles. The van der Waals surface area contributed by atoms with Gasteiger partial charge in [0, 0.05) is 47.2 Å². The van der Waals surface area contributed by atoms with Crippen LogP contribution in [0.4, 0.5) is 5.69 Å². The molecule has 240 valence electrons. The van der Waals surface area contributed by atoms with Crippen molar-refractivity contribution < 1.29 is 0 Å². The molecular formula is C40H50N5P. The van der Waals surface area contributed by atoms with Gasteiger partial charge in [-0.2, -0.15) is 0 Å². The SMILES string of the molecule is C=CCc1ccccc1-c1[pH]c(C(=C)NC2CC2)cc1CCc1ccc(N(N)C(=C)C2=C(N(/C=C/C)CCCC)NCC=C2)cc1. The van der Waals surface area contributed by atoms with Gasteiger partial charge in [0.15, 0.2) is 0 Å². The summed E-state index contributed by atoms with van der Waals surface area (Å²) < 4.78 is 0. The maximum Gasteiger partial charge on any atom is 0.115 e. The van der Waals surface area contributed by atoms with Crippen LogP contribution in [0.3, 0.4) is 0 Å². The highest BCUT2D eigenvalue weighted by atomic mass is 31.0. The fraction of sp³-hybridized carbons (Fsp3) is 0.300. The lowest BCUT2D eigenvalue weighted by atomic mass is 9.97. The van der Waals surface area contributed by atoms with E-state index in [0.717, 1.165) is 73.7 Å². The number of benzene rings is 2. The first-order chi connectivity index (χ1) is 22.4. The second-order valence-corrected chi connectivity index (χ2v) is 13.5. The number of nitrogens with one attached hydrogen (secondary N) is 2. The molecule has 5 rings (SSSR count). The second kappa shape index (κ2) is 15.9. The summed E-state index contributed by atoms with van der Waals surface area (Å²) in [5, 5.41) is 11.7. The van der Waals surface area contributed by atoms with Gasteiger partial charge >= 0.3 is 0 Å². The molecule has 0 amide bonds. The Morgan fingerprint density at radius 2 is 1.87 bits per heavy atom. The van der Waals surface area contributed by atoms with E-state index in [1.807, 2.05) is 13.0 Å². The van der Waals surface area contributed by atoms with E-state index in [1.54, 1.807) is 5.01 Å². The number of allylic oxidation sites excluding steroid dienone is 3. The molecule has 2 aliphatic rings. The summed E-state index contributed by atoms with van der Waals surface area (Å²) in [6, 6.07) is 20.4. The van der Waals surface area contributed by atoms with E-state index in [0.29, 0.717) is 14.2 Å². The van der Waals surface area contributed by atoms with Gasteiger partial charge in [-0.15, -0.1) is 14.8 Å². The molecule has 5 nitrogen and oxygen atoms in total. The third-order valence-corrected chi connectivity index (χ3v) is 10.2. The van der Waals surface area contributed by atoms with Crippen molar-refractivity contribution >= 4 is 19.6 Å². The Morgan fingerprint density at radius 1 is 1.09 bits per heavy atom. The number of aryl methyl sites for hydroxylation is 2. The number of unbranched alkanes of at least 4 members (excludes halogenated alkanes) is 1. The molecule has 0 spiro atoms. The molecule has 1 fully saturated rings. The minimum atomic E-state index is 0.594. The molecule has 2 heterocycles. The summed E-state index contributed by atoms with van der Waals surface area (Å²) in [6.45, 7) is 18.8.